The van der Waals surface area contributed by atoms with Crippen LogP contribution >= 0.6 is 0 Å². The van der Waals surface area contributed by atoms with Gasteiger partial charge in [0.15, 0.2) is 0 Å². The van der Waals surface area contributed by atoms with E-state index in [0.717, 1.165) is 18.7 Å². The Morgan fingerprint density at radius 3 is 2.89 bits per heavy atom. The SMILES string of the molecule is COc1ccccc1CC1NCCC2=C1CCCC2. The Balaban J connectivity index is 1.82. The van der Waals surface area contributed by atoms with Crippen LogP contribution in [0.5, 0.6) is 5.75 Å². The highest BCUT2D eigenvalue weighted by atomic mass is 16.5. The summed E-state index contributed by atoms with van der Waals surface area (Å²) >= 11 is 0. The van der Waals surface area contributed by atoms with Gasteiger partial charge in [0.2, 0.25) is 0 Å². The monoisotopic (exact) mass is 257 g/mol. The molecule has 1 aromatic rings. The van der Waals surface area contributed by atoms with Gasteiger partial charge in [0.05, 0.1) is 7.11 Å². The predicted molar refractivity (Wildman–Crippen MR) is 78.6 cm³/mol. The minimum atomic E-state index is 0.528. The van der Waals surface area contributed by atoms with Crippen molar-refractivity contribution in [2.45, 2.75) is 44.6 Å². The second-order valence-corrected chi connectivity index (χ2v) is 5.61. The van der Waals surface area contributed by atoms with Gasteiger partial charge in [-0.3, -0.25) is 0 Å². The van der Waals surface area contributed by atoms with Crippen molar-refractivity contribution < 1.29 is 4.74 Å². The summed E-state index contributed by atoms with van der Waals surface area (Å²) in [5, 5.41) is 3.70. The van der Waals surface area contributed by atoms with Crippen LogP contribution in [0.2, 0.25) is 0 Å². The Kier molecular flexibility index (Phi) is 3.88. The zero-order chi connectivity index (χ0) is 13.1. The zero-order valence-electron chi connectivity index (χ0n) is 11.7. The highest BCUT2D eigenvalue weighted by Gasteiger charge is 2.25. The number of hydrogen-bond acceptors (Lipinski definition) is 2. The van der Waals surface area contributed by atoms with Crippen molar-refractivity contribution in [1.29, 1.82) is 0 Å². The molecule has 0 fully saturated rings. The average Bonchev–Trinajstić information content (AvgIpc) is 2.48. The topological polar surface area (TPSA) is 21.3 Å². The maximum absolute atomic E-state index is 5.48. The van der Waals surface area contributed by atoms with Crippen LogP contribution in [0, 0.1) is 0 Å². The fourth-order valence-corrected chi connectivity index (χ4v) is 3.50. The van der Waals surface area contributed by atoms with Crippen LogP contribution in [0.1, 0.15) is 37.7 Å². The molecule has 2 aliphatic rings. The third-order valence-electron chi connectivity index (χ3n) is 4.48. The largest absolute Gasteiger partial charge is 0.496 e. The van der Waals surface area contributed by atoms with Crippen LogP contribution in [0.25, 0.3) is 0 Å². The predicted octanol–water partition coefficient (Wildman–Crippen LogP) is 3.47. The van der Waals surface area contributed by atoms with Crippen molar-refractivity contribution >= 4 is 0 Å². The lowest BCUT2D eigenvalue weighted by Gasteiger charge is -2.33. The van der Waals surface area contributed by atoms with Crippen molar-refractivity contribution in [3.05, 3.63) is 41.0 Å². The molecule has 19 heavy (non-hydrogen) atoms. The van der Waals surface area contributed by atoms with Crippen LogP contribution in [-0.2, 0) is 6.42 Å². The van der Waals surface area contributed by atoms with Gasteiger partial charge in [0.25, 0.3) is 0 Å². The van der Waals surface area contributed by atoms with Gasteiger partial charge < -0.3 is 10.1 Å². The number of ether oxygens (including phenoxy) is 1. The molecule has 0 amide bonds. The normalized spacial score (nSPS) is 23.1. The summed E-state index contributed by atoms with van der Waals surface area (Å²) in [5.74, 6) is 1.02. The quantitative estimate of drug-likeness (QED) is 0.837. The first-order valence-electron chi connectivity index (χ1n) is 7.44. The van der Waals surface area contributed by atoms with E-state index in [1.165, 1.54) is 37.7 Å². The molecule has 1 aromatic carbocycles. The number of para-hydroxylation sites is 1. The molecule has 0 radical (unpaired) electrons. The third-order valence-corrected chi connectivity index (χ3v) is 4.48. The lowest BCUT2D eigenvalue weighted by atomic mass is 9.81. The molecule has 0 saturated heterocycles. The molecule has 0 spiro atoms. The van der Waals surface area contributed by atoms with Crippen molar-refractivity contribution in [2.75, 3.05) is 13.7 Å². The Morgan fingerprint density at radius 2 is 2.00 bits per heavy atom. The summed E-state index contributed by atoms with van der Waals surface area (Å²) in [5.41, 5.74) is 4.76. The number of rotatable bonds is 3. The van der Waals surface area contributed by atoms with Gasteiger partial charge in [-0.05, 0) is 56.7 Å². The van der Waals surface area contributed by atoms with Gasteiger partial charge in [-0.1, -0.05) is 29.3 Å². The van der Waals surface area contributed by atoms with E-state index in [1.54, 1.807) is 18.3 Å². The summed E-state index contributed by atoms with van der Waals surface area (Å²) in [7, 11) is 1.76. The molecule has 1 heterocycles. The fraction of sp³-hybridized carbons (Fsp3) is 0.529. The summed E-state index contributed by atoms with van der Waals surface area (Å²) in [6.07, 6.45) is 7.70. The minimum absolute atomic E-state index is 0.528. The van der Waals surface area contributed by atoms with E-state index in [4.69, 9.17) is 4.74 Å². The highest BCUT2D eigenvalue weighted by molar-refractivity contribution is 5.36. The van der Waals surface area contributed by atoms with Gasteiger partial charge in [0, 0.05) is 6.04 Å². The van der Waals surface area contributed by atoms with Gasteiger partial charge in [-0.25, -0.2) is 0 Å². The fourth-order valence-electron chi connectivity index (χ4n) is 3.50. The van der Waals surface area contributed by atoms with E-state index >= 15 is 0 Å². The van der Waals surface area contributed by atoms with E-state index in [9.17, 15) is 0 Å². The molecular formula is C17H23NO. The molecule has 1 N–H and O–H groups in total. The van der Waals surface area contributed by atoms with Crippen molar-refractivity contribution in [2.24, 2.45) is 0 Å². The molecule has 3 rings (SSSR count). The van der Waals surface area contributed by atoms with E-state index < -0.39 is 0 Å². The zero-order valence-corrected chi connectivity index (χ0v) is 11.7. The second-order valence-electron chi connectivity index (χ2n) is 5.61. The van der Waals surface area contributed by atoms with E-state index in [0.29, 0.717) is 6.04 Å². The van der Waals surface area contributed by atoms with Gasteiger partial charge in [-0.15, -0.1) is 0 Å². The molecule has 1 aliphatic carbocycles. The number of hydrogen-bond donors (Lipinski definition) is 1. The van der Waals surface area contributed by atoms with Crippen LogP contribution in [-0.4, -0.2) is 19.7 Å². The number of benzene rings is 1. The summed E-state index contributed by atoms with van der Waals surface area (Å²) in [6.45, 7) is 1.14. The Bertz CT molecular complexity index is 474. The van der Waals surface area contributed by atoms with Gasteiger partial charge >= 0.3 is 0 Å². The maximum Gasteiger partial charge on any atom is 0.122 e. The van der Waals surface area contributed by atoms with Crippen LogP contribution in [0.15, 0.2) is 35.4 Å². The third kappa shape index (κ3) is 2.69. The lowest BCUT2D eigenvalue weighted by Crippen LogP contribution is -2.39. The molecular weight excluding hydrogens is 234 g/mol. The van der Waals surface area contributed by atoms with Gasteiger partial charge in [0.1, 0.15) is 5.75 Å². The Morgan fingerprint density at radius 1 is 1.16 bits per heavy atom. The smallest absolute Gasteiger partial charge is 0.122 e. The minimum Gasteiger partial charge on any atom is -0.496 e. The summed E-state index contributed by atoms with van der Waals surface area (Å²) in [4.78, 5) is 0. The first-order chi connectivity index (χ1) is 9.38. The van der Waals surface area contributed by atoms with Crippen molar-refractivity contribution in [1.82, 2.24) is 5.32 Å². The molecule has 102 valence electrons. The Labute approximate surface area is 115 Å². The second kappa shape index (κ2) is 5.79. The average molecular weight is 257 g/mol. The first-order valence-corrected chi connectivity index (χ1v) is 7.44. The van der Waals surface area contributed by atoms with Crippen LogP contribution < -0.4 is 10.1 Å². The van der Waals surface area contributed by atoms with Crippen LogP contribution in [0.3, 0.4) is 0 Å². The molecule has 0 bridgehead atoms. The molecule has 2 nitrogen and oxygen atoms in total. The van der Waals surface area contributed by atoms with Crippen LogP contribution in [0.4, 0.5) is 0 Å². The standard InChI is InChI=1S/C17H23NO/c1-19-17-9-5-3-7-14(17)12-16-15-8-4-2-6-13(15)10-11-18-16/h3,5,7,9,16,18H,2,4,6,8,10-12H2,1H3. The lowest BCUT2D eigenvalue weighted by molar-refractivity contribution is 0.404. The summed E-state index contributed by atoms with van der Waals surface area (Å²) in [6, 6.07) is 8.94. The summed E-state index contributed by atoms with van der Waals surface area (Å²) < 4.78 is 5.48. The maximum atomic E-state index is 5.48. The molecule has 0 aromatic heterocycles. The Hall–Kier alpha value is -1.28. The molecule has 2 heteroatoms. The van der Waals surface area contributed by atoms with E-state index in [-0.39, 0.29) is 0 Å². The molecule has 1 unspecified atom stereocenters. The molecule has 0 saturated carbocycles. The highest BCUT2D eigenvalue weighted by Crippen LogP contribution is 2.33. The van der Waals surface area contributed by atoms with E-state index in [1.807, 2.05) is 6.07 Å². The number of nitrogens with one attached hydrogen (secondary N) is 1. The first kappa shape index (κ1) is 12.7. The van der Waals surface area contributed by atoms with Gasteiger partial charge in [-0.2, -0.15) is 0 Å². The molecule has 1 atom stereocenters. The van der Waals surface area contributed by atoms with Crippen molar-refractivity contribution in [3.8, 4) is 5.75 Å². The van der Waals surface area contributed by atoms with E-state index in [2.05, 4.69) is 23.5 Å². The number of methoxy groups -OCH3 is 1. The van der Waals surface area contributed by atoms with Crippen molar-refractivity contribution in [3.63, 3.8) is 0 Å². The molecule has 1 aliphatic heterocycles.